The fourth-order valence-electron chi connectivity index (χ4n) is 2.09. The molecule has 1 amide bonds. The van der Waals surface area contributed by atoms with E-state index in [4.69, 9.17) is 16.3 Å². The van der Waals surface area contributed by atoms with E-state index >= 15 is 0 Å². The fraction of sp³-hybridized carbons (Fsp3) is 0.588. The molecule has 0 unspecified atom stereocenters. The minimum Gasteiger partial charge on any atom is -0.482 e. The van der Waals surface area contributed by atoms with Crippen LogP contribution >= 0.6 is 11.6 Å². The molecule has 0 radical (unpaired) electrons. The largest absolute Gasteiger partial charge is 0.482 e. The average molecular weight is 391 g/mol. The Hall–Kier alpha value is -1.31. The summed E-state index contributed by atoms with van der Waals surface area (Å²) in [5.41, 5.74) is 0. The zero-order valence-corrected chi connectivity index (χ0v) is 16.7. The van der Waals surface area contributed by atoms with Crippen LogP contribution in [0.2, 0.25) is 5.02 Å². The quantitative estimate of drug-likeness (QED) is 0.643. The van der Waals surface area contributed by atoms with E-state index in [0.29, 0.717) is 6.54 Å². The number of halogens is 1. The molecule has 0 saturated heterocycles. The first-order chi connectivity index (χ1) is 11.7. The van der Waals surface area contributed by atoms with Gasteiger partial charge in [-0.2, -0.15) is 0 Å². The van der Waals surface area contributed by atoms with Gasteiger partial charge in [-0.1, -0.05) is 38.8 Å². The van der Waals surface area contributed by atoms with Gasteiger partial charge in [0.25, 0.3) is 5.91 Å². The summed E-state index contributed by atoms with van der Waals surface area (Å²) in [7, 11) is -3.62. The van der Waals surface area contributed by atoms with E-state index in [2.05, 4.69) is 10.0 Å². The van der Waals surface area contributed by atoms with Crippen LogP contribution in [-0.2, 0) is 14.8 Å². The summed E-state index contributed by atoms with van der Waals surface area (Å²) in [6.45, 7) is 7.97. The summed E-state index contributed by atoms with van der Waals surface area (Å²) >= 11 is 6.09. The van der Waals surface area contributed by atoms with Gasteiger partial charge in [0, 0.05) is 12.6 Å². The normalized spacial score (nSPS) is 12.9. The zero-order valence-electron chi connectivity index (χ0n) is 15.1. The van der Waals surface area contributed by atoms with Crippen molar-refractivity contribution in [2.45, 2.75) is 51.5 Å². The van der Waals surface area contributed by atoms with Crippen LogP contribution in [0.5, 0.6) is 5.75 Å². The van der Waals surface area contributed by atoms with Gasteiger partial charge in [0.1, 0.15) is 5.75 Å². The van der Waals surface area contributed by atoms with Gasteiger partial charge < -0.3 is 10.1 Å². The number of nitrogens with one attached hydrogen (secondary N) is 2. The van der Waals surface area contributed by atoms with Gasteiger partial charge in [0.2, 0.25) is 10.0 Å². The topological polar surface area (TPSA) is 84.5 Å². The van der Waals surface area contributed by atoms with Crippen molar-refractivity contribution in [1.29, 1.82) is 0 Å². The first-order valence-electron chi connectivity index (χ1n) is 8.37. The SMILES string of the molecule is CCC[C@@H](C)NC(=O)COc1ccc(S(=O)(=O)NCC(C)C)cc1Cl. The number of amides is 1. The average Bonchev–Trinajstić information content (AvgIpc) is 2.52. The maximum atomic E-state index is 12.2. The molecule has 0 aliphatic carbocycles. The van der Waals surface area contributed by atoms with Crippen molar-refractivity contribution in [3.63, 3.8) is 0 Å². The van der Waals surface area contributed by atoms with E-state index in [-0.39, 0.29) is 40.1 Å². The Balaban J connectivity index is 2.68. The molecule has 0 spiro atoms. The Morgan fingerprint density at radius 3 is 2.52 bits per heavy atom. The minimum absolute atomic E-state index is 0.0616. The molecule has 0 aliphatic rings. The molecule has 142 valence electrons. The second-order valence-electron chi connectivity index (χ2n) is 6.38. The highest BCUT2D eigenvalue weighted by atomic mass is 35.5. The van der Waals surface area contributed by atoms with Gasteiger partial charge in [-0.3, -0.25) is 4.79 Å². The maximum absolute atomic E-state index is 12.2. The van der Waals surface area contributed by atoms with E-state index in [1.54, 1.807) is 0 Å². The van der Waals surface area contributed by atoms with E-state index < -0.39 is 10.0 Å². The second kappa shape index (κ2) is 9.99. The van der Waals surface area contributed by atoms with E-state index in [0.717, 1.165) is 12.8 Å². The minimum atomic E-state index is -3.62. The molecular weight excluding hydrogens is 364 g/mol. The van der Waals surface area contributed by atoms with Crippen molar-refractivity contribution in [2.24, 2.45) is 5.92 Å². The van der Waals surface area contributed by atoms with Gasteiger partial charge >= 0.3 is 0 Å². The molecule has 0 fully saturated rings. The van der Waals surface area contributed by atoms with Gasteiger partial charge in [-0.25, -0.2) is 13.1 Å². The van der Waals surface area contributed by atoms with Gasteiger partial charge in [-0.05, 0) is 37.5 Å². The Labute approximate surface area is 155 Å². The van der Waals surface area contributed by atoms with Crippen molar-refractivity contribution in [3.8, 4) is 5.75 Å². The third-order valence-corrected chi connectivity index (χ3v) is 5.10. The molecule has 8 heteroatoms. The lowest BCUT2D eigenvalue weighted by atomic mass is 10.2. The third kappa shape index (κ3) is 7.63. The summed E-state index contributed by atoms with van der Waals surface area (Å²) in [6.07, 6.45) is 1.87. The Morgan fingerprint density at radius 1 is 1.28 bits per heavy atom. The summed E-state index contributed by atoms with van der Waals surface area (Å²) in [5.74, 6) is 0.219. The predicted molar refractivity (Wildman–Crippen MR) is 99.5 cm³/mol. The van der Waals surface area contributed by atoms with Crippen molar-refractivity contribution in [1.82, 2.24) is 10.0 Å². The highest BCUT2D eigenvalue weighted by Gasteiger charge is 2.17. The lowest BCUT2D eigenvalue weighted by molar-refractivity contribution is -0.123. The highest BCUT2D eigenvalue weighted by Crippen LogP contribution is 2.27. The molecule has 1 aromatic rings. The molecule has 0 heterocycles. The fourth-order valence-corrected chi connectivity index (χ4v) is 3.63. The first-order valence-corrected chi connectivity index (χ1v) is 10.2. The van der Waals surface area contributed by atoms with Gasteiger partial charge in [0.15, 0.2) is 6.61 Å². The molecule has 0 aromatic heterocycles. The lowest BCUT2D eigenvalue weighted by Gasteiger charge is -2.14. The Kier molecular flexibility index (Phi) is 8.68. The summed E-state index contributed by atoms with van der Waals surface area (Å²) in [6, 6.07) is 4.25. The molecule has 1 rings (SSSR count). The van der Waals surface area contributed by atoms with E-state index in [1.165, 1.54) is 18.2 Å². The lowest BCUT2D eigenvalue weighted by Crippen LogP contribution is -2.36. The molecule has 25 heavy (non-hydrogen) atoms. The summed E-state index contributed by atoms with van der Waals surface area (Å²) in [4.78, 5) is 11.9. The first kappa shape index (κ1) is 21.7. The number of hydrogen-bond acceptors (Lipinski definition) is 4. The Bertz CT molecular complexity index is 677. The zero-order chi connectivity index (χ0) is 19.0. The van der Waals surface area contributed by atoms with Gasteiger partial charge in [-0.15, -0.1) is 0 Å². The molecular formula is C17H27ClN2O4S. The smallest absolute Gasteiger partial charge is 0.258 e. The van der Waals surface area contributed by atoms with Crippen LogP contribution in [0.15, 0.2) is 23.1 Å². The van der Waals surface area contributed by atoms with Crippen LogP contribution in [0.4, 0.5) is 0 Å². The van der Waals surface area contributed by atoms with Crippen LogP contribution in [0.25, 0.3) is 0 Å². The highest BCUT2D eigenvalue weighted by molar-refractivity contribution is 7.89. The van der Waals surface area contributed by atoms with Crippen molar-refractivity contribution >= 4 is 27.5 Å². The van der Waals surface area contributed by atoms with Crippen LogP contribution in [0.3, 0.4) is 0 Å². The maximum Gasteiger partial charge on any atom is 0.258 e. The number of carbonyl (C=O) groups excluding carboxylic acids is 1. The number of benzene rings is 1. The number of hydrogen-bond donors (Lipinski definition) is 2. The molecule has 1 aromatic carbocycles. The number of carbonyl (C=O) groups is 1. The number of ether oxygens (including phenoxy) is 1. The van der Waals surface area contributed by atoms with Crippen molar-refractivity contribution in [3.05, 3.63) is 23.2 Å². The summed E-state index contributed by atoms with van der Waals surface area (Å²) < 4.78 is 32.2. The van der Waals surface area contributed by atoms with Crippen LogP contribution in [0, 0.1) is 5.92 Å². The molecule has 0 bridgehead atoms. The monoisotopic (exact) mass is 390 g/mol. The number of rotatable bonds is 10. The molecule has 0 saturated carbocycles. The molecule has 2 N–H and O–H groups in total. The Morgan fingerprint density at radius 2 is 1.96 bits per heavy atom. The van der Waals surface area contributed by atoms with Crippen LogP contribution in [-0.4, -0.2) is 33.5 Å². The molecule has 0 aliphatic heterocycles. The number of sulfonamides is 1. The van der Waals surface area contributed by atoms with Crippen molar-refractivity contribution in [2.75, 3.05) is 13.2 Å². The predicted octanol–water partition coefficient (Wildman–Crippen LogP) is 2.96. The second-order valence-corrected chi connectivity index (χ2v) is 8.56. The van der Waals surface area contributed by atoms with E-state index in [9.17, 15) is 13.2 Å². The molecule has 1 atom stereocenters. The van der Waals surface area contributed by atoms with Crippen molar-refractivity contribution < 1.29 is 17.9 Å². The third-order valence-electron chi connectivity index (χ3n) is 3.38. The van der Waals surface area contributed by atoms with E-state index in [1.807, 2.05) is 27.7 Å². The van der Waals surface area contributed by atoms with Crippen LogP contribution in [0.1, 0.15) is 40.5 Å². The summed E-state index contributed by atoms with van der Waals surface area (Å²) in [5, 5.41) is 2.96. The van der Waals surface area contributed by atoms with Crippen LogP contribution < -0.4 is 14.8 Å². The molecule has 6 nitrogen and oxygen atoms in total. The van der Waals surface area contributed by atoms with Gasteiger partial charge in [0.05, 0.1) is 9.92 Å². The standard InChI is InChI=1S/C17H27ClN2O4S/c1-5-6-13(4)20-17(21)11-24-16-8-7-14(9-15(16)18)25(22,23)19-10-12(2)3/h7-9,12-13,19H,5-6,10-11H2,1-4H3,(H,20,21)/t13-/m1/s1.